The number of rotatable bonds is 7. The van der Waals surface area contributed by atoms with Crippen LogP contribution in [0.15, 0.2) is 114 Å². The zero-order chi connectivity index (χ0) is 29.6. The van der Waals surface area contributed by atoms with Gasteiger partial charge in [0, 0.05) is 23.3 Å². The minimum absolute atomic E-state index is 0.201. The number of ether oxygens (including phenoxy) is 1. The molecule has 4 heterocycles. The molecule has 1 aliphatic heterocycles. The molecule has 3 aromatic carbocycles. The molecule has 0 bridgehead atoms. The molecule has 6 aromatic rings. The first-order valence-corrected chi connectivity index (χ1v) is 15.6. The van der Waals surface area contributed by atoms with E-state index in [0.29, 0.717) is 17.7 Å². The van der Waals surface area contributed by atoms with Crippen molar-refractivity contribution in [2.24, 2.45) is 0 Å². The quantitative estimate of drug-likeness (QED) is 0.201. The fourth-order valence-corrected chi connectivity index (χ4v) is 7.48. The minimum atomic E-state index is -1.27. The van der Waals surface area contributed by atoms with Gasteiger partial charge in [0.15, 0.2) is 0 Å². The zero-order valence-electron chi connectivity index (χ0n) is 24.2. The van der Waals surface area contributed by atoms with Gasteiger partial charge < -0.3 is 9.84 Å². The second kappa shape index (κ2) is 10.7. The van der Waals surface area contributed by atoms with Gasteiger partial charge >= 0.3 is 0 Å². The van der Waals surface area contributed by atoms with Crippen LogP contribution in [-0.2, 0) is 17.7 Å². The van der Waals surface area contributed by atoms with Crippen molar-refractivity contribution in [3.05, 3.63) is 142 Å². The molecular formula is C36H33N3O3S. The number of hydrogen-bond acceptors (Lipinski definition) is 5. The van der Waals surface area contributed by atoms with E-state index in [2.05, 4.69) is 79.0 Å². The molecule has 6 nitrogen and oxygen atoms in total. The average molecular weight is 588 g/mol. The van der Waals surface area contributed by atoms with Gasteiger partial charge in [0.05, 0.1) is 17.7 Å². The largest absolute Gasteiger partial charge is 0.491 e. The van der Waals surface area contributed by atoms with Crippen molar-refractivity contribution in [1.29, 1.82) is 0 Å². The number of aryl methyl sites for hydroxylation is 1. The van der Waals surface area contributed by atoms with E-state index in [4.69, 9.17) is 9.84 Å². The Morgan fingerprint density at radius 3 is 2.05 bits per heavy atom. The number of nitrogens with zero attached hydrogens (tertiary/aromatic N) is 3. The number of pyridine rings is 1. The smallest absolute Gasteiger partial charge is 0.270 e. The van der Waals surface area contributed by atoms with Crippen molar-refractivity contribution in [3.63, 3.8) is 0 Å². The van der Waals surface area contributed by atoms with Gasteiger partial charge in [-0.25, -0.2) is 0 Å². The molecule has 3 aromatic heterocycles. The molecule has 1 aliphatic rings. The number of thiophene rings is 1. The second-order valence-electron chi connectivity index (χ2n) is 11.3. The van der Waals surface area contributed by atoms with E-state index >= 15 is 0 Å². The Morgan fingerprint density at radius 2 is 1.49 bits per heavy atom. The van der Waals surface area contributed by atoms with Crippen molar-refractivity contribution < 1.29 is 9.84 Å². The Kier molecular flexibility index (Phi) is 6.79. The lowest BCUT2D eigenvalue weighted by Crippen LogP contribution is -2.38. The Morgan fingerprint density at radius 1 is 0.907 bits per heavy atom. The summed E-state index contributed by atoms with van der Waals surface area (Å²) in [5.74, 6) is 0.733. The number of aliphatic hydroxyl groups is 1. The third-order valence-electron chi connectivity index (χ3n) is 8.67. The van der Waals surface area contributed by atoms with Crippen molar-refractivity contribution in [3.8, 4) is 16.2 Å². The molecule has 1 unspecified atom stereocenters. The Bertz CT molecular complexity index is 1860. The second-order valence-corrected chi connectivity index (χ2v) is 12.3. The van der Waals surface area contributed by atoms with Crippen LogP contribution < -0.4 is 10.3 Å². The summed E-state index contributed by atoms with van der Waals surface area (Å²) >= 11 is 1.42. The normalized spacial score (nSPS) is 14.7. The van der Waals surface area contributed by atoms with Gasteiger partial charge in [0.25, 0.3) is 5.56 Å². The maximum atomic E-state index is 13.8. The van der Waals surface area contributed by atoms with E-state index in [1.807, 2.05) is 42.2 Å². The molecule has 0 radical (unpaired) electrons. The SMILES string of the molecule is CCC(C)(O)n1cc2c3c(c(-c4cnn(C(c5ccccc5)(c5ccccc5)c5ccccc5)c4)sc3c1=O)OCCC2. The monoisotopic (exact) mass is 587 g/mol. The van der Waals surface area contributed by atoms with E-state index in [-0.39, 0.29) is 5.56 Å². The predicted molar refractivity (Wildman–Crippen MR) is 172 cm³/mol. The number of aromatic nitrogens is 3. The standard InChI is InChI=1S/C36H33N3O3S/c1-3-35(2,41)38-23-25-14-13-21-42-31-30(25)33(34(38)40)43-32(31)26-22-37-39(24-26)36(27-15-7-4-8-16-27,28-17-9-5-10-18-28)29-19-11-6-12-20-29/h4-12,15-20,22-24,41H,3,13-14,21H2,1-2H3. The summed E-state index contributed by atoms with van der Waals surface area (Å²) < 4.78 is 10.5. The molecule has 0 saturated heterocycles. The van der Waals surface area contributed by atoms with Crippen molar-refractivity contribution >= 4 is 21.4 Å². The highest BCUT2D eigenvalue weighted by atomic mass is 32.1. The first kappa shape index (κ1) is 27.4. The third-order valence-corrected chi connectivity index (χ3v) is 9.88. The van der Waals surface area contributed by atoms with Gasteiger partial charge in [-0.2, -0.15) is 5.10 Å². The molecule has 7 rings (SSSR count). The van der Waals surface area contributed by atoms with Crippen LogP contribution >= 0.6 is 11.3 Å². The van der Waals surface area contributed by atoms with Gasteiger partial charge in [0.2, 0.25) is 0 Å². The van der Waals surface area contributed by atoms with Gasteiger partial charge in [0.1, 0.15) is 21.7 Å². The van der Waals surface area contributed by atoms with E-state index in [1.165, 1.54) is 15.9 Å². The van der Waals surface area contributed by atoms with Gasteiger partial charge in [-0.15, -0.1) is 11.3 Å². The fourth-order valence-electron chi connectivity index (χ4n) is 6.29. The first-order chi connectivity index (χ1) is 20.9. The molecule has 0 amide bonds. The third kappa shape index (κ3) is 4.34. The summed E-state index contributed by atoms with van der Waals surface area (Å²) in [4.78, 5) is 14.7. The Hall–Kier alpha value is -4.46. The van der Waals surface area contributed by atoms with E-state index in [1.54, 1.807) is 6.92 Å². The van der Waals surface area contributed by atoms with Crippen LogP contribution in [0.25, 0.3) is 20.5 Å². The van der Waals surface area contributed by atoms with Crippen LogP contribution in [0.4, 0.5) is 0 Å². The lowest BCUT2D eigenvalue weighted by molar-refractivity contribution is -0.0249. The highest BCUT2D eigenvalue weighted by molar-refractivity contribution is 7.22. The molecule has 0 fully saturated rings. The first-order valence-electron chi connectivity index (χ1n) is 14.7. The summed E-state index contributed by atoms with van der Waals surface area (Å²) in [6, 6.07) is 31.3. The lowest BCUT2D eigenvalue weighted by atomic mass is 9.77. The molecule has 7 heteroatoms. The summed E-state index contributed by atoms with van der Waals surface area (Å²) in [6.45, 7) is 4.13. The molecule has 0 spiro atoms. The fraction of sp³-hybridized carbons (Fsp3) is 0.222. The lowest BCUT2D eigenvalue weighted by Gasteiger charge is -2.36. The molecule has 0 saturated carbocycles. The van der Waals surface area contributed by atoms with Crippen molar-refractivity contribution in [2.45, 2.75) is 44.4 Å². The number of benzene rings is 3. The number of hydrogen-bond donors (Lipinski definition) is 1. The van der Waals surface area contributed by atoms with E-state index in [9.17, 15) is 9.90 Å². The Labute approximate surface area is 254 Å². The van der Waals surface area contributed by atoms with Crippen LogP contribution in [0.1, 0.15) is 48.9 Å². The van der Waals surface area contributed by atoms with Crippen LogP contribution in [0.2, 0.25) is 0 Å². The van der Waals surface area contributed by atoms with Crippen LogP contribution in [0, 0.1) is 0 Å². The van der Waals surface area contributed by atoms with Crippen LogP contribution in [0.3, 0.4) is 0 Å². The summed E-state index contributed by atoms with van der Waals surface area (Å²) in [7, 11) is 0. The van der Waals surface area contributed by atoms with Gasteiger partial charge in [-0.3, -0.25) is 14.0 Å². The zero-order valence-corrected chi connectivity index (χ0v) is 25.1. The molecule has 1 atom stereocenters. The topological polar surface area (TPSA) is 69.3 Å². The van der Waals surface area contributed by atoms with E-state index in [0.717, 1.165) is 56.7 Å². The molecule has 43 heavy (non-hydrogen) atoms. The van der Waals surface area contributed by atoms with Crippen LogP contribution in [0.5, 0.6) is 5.75 Å². The molecule has 0 aliphatic carbocycles. The average Bonchev–Trinajstić information content (AvgIpc) is 3.62. The highest BCUT2D eigenvalue weighted by Gasteiger charge is 2.39. The summed E-state index contributed by atoms with van der Waals surface area (Å²) in [5, 5.41) is 17.0. The molecular weight excluding hydrogens is 554 g/mol. The van der Waals surface area contributed by atoms with Crippen LogP contribution in [-0.4, -0.2) is 26.1 Å². The maximum Gasteiger partial charge on any atom is 0.270 e. The molecule has 1 N–H and O–H groups in total. The van der Waals surface area contributed by atoms with Gasteiger partial charge in [-0.05, 0) is 48.4 Å². The minimum Gasteiger partial charge on any atom is -0.491 e. The van der Waals surface area contributed by atoms with Crippen molar-refractivity contribution in [1.82, 2.24) is 14.3 Å². The maximum absolute atomic E-state index is 13.8. The summed E-state index contributed by atoms with van der Waals surface area (Å²) in [5.41, 5.74) is 2.94. The highest BCUT2D eigenvalue weighted by Crippen LogP contribution is 2.48. The van der Waals surface area contributed by atoms with Crippen molar-refractivity contribution in [2.75, 3.05) is 6.61 Å². The predicted octanol–water partition coefficient (Wildman–Crippen LogP) is 7.17. The Balaban J connectivity index is 1.49. The van der Waals surface area contributed by atoms with Gasteiger partial charge in [-0.1, -0.05) is 97.9 Å². The molecule has 216 valence electrons. The summed E-state index contributed by atoms with van der Waals surface area (Å²) in [6.07, 6.45) is 7.81. The van der Waals surface area contributed by atoms with E-state index < -0.39 is 11.3 Å².